The first-order chi connectivity index (χ1) is 10.3. The summed E-state index contributed by atoms with van der Waals surface area (Å²) < 4.78 is 26.1. The predicted molar refractivity (Wildman–Crippen MR) is 104 cm³/mol. The Balaban J connectivity index is 0.00000264. The molecule has 1 aromatic rings. The summed E-state index contributed by atoms with van der Waals surface area (Å²) in [6.45, 7) is 6.09. The average molecular weight is 452 g/mol. The fraction of sp³-hybridized carbons (Fsp3) is 0.533. The lowest BCUT2D eigenvalue weighted by molar-refractivity contribution is 0.410. The Bertz CT molecular complexity index is 644. The Labute approximate surface area is 156 Å². The quantitative estimate of drug-likeness (QED) is 0.692. The summed E-state index contributed by atoms with van der Waals surface area (Å²) in [5, 5.41) is 3.26. The number of guanidine groups is 1. The number of benzene rings is 1. The van der Waals surface area contributed by atoms with E-state index in [1.165, 1.54) is 4.31 Å². The molecule has 0 saturated carbocycles. The lowest BCUT2D eigenvalue weighted by Crippen LogP contribution is -2.35. The Kier molecular flexibility index (Phi) is 7.28. The van der Waals surface area contributed by atoms with Crippen molar-refractivity contribution in [3.05, 3.63) is 29.8 Å². The second-order valence-electron chi connectivity index (χ2n) is 5.74. The van der Waals surface area contributed by atoms with E-state index in [4.69, 9.17) is 0 Å². The van der Waals surface area contributed by atoms with Crippen LogP contribution in [-0.4, -0.2) is 56.8 Å². The van der Waals surface area contributed by atoms with Crippen molar-refractivity contribution < 1.29 is 8.42 Å². The maximum Gasteiger partial charge on any atom is 0.243 e. The van der Waals surface area contributed by atoms with E-state index in [1.54, 1.807) is 19.2 Å². The van der Waals surface area contributed by atoms with Gasteiger partial charge in [-0.05, 0) is 31.5 Å². The van der Waals surface area contributed by atoms with Crippen molar-refractivity contribution in [2.45, 2.75) is 31.3 Å². The van der Waals surface area contributed by atoms with Crippen LogP contribution in [0.25, 0.3) is 0 Å². The lowest BCUT2D eigenvalue weighted by Gasteiger charge is -2.21. The van der Waals surface area contributed by atoms with Gasteiger partial charge in [0.2, 0.25) is 10.0 Å². The molecule has 0 unspecified atom stereocenters. The molecule has 2 rings (SSSR count). The molecule has 0 aromatic heterocycles. The minimum Gasteiger partial charge on any atom is -0.352 e. The third kappa shape index (κ3) is 4.80. The van der Waals surface area contributed by atoms with Crippen LogP contribution in [0.1, 0.15) is 19.4 Å². The van der Waals surface area contributed by atoms with Crippen LogP contribution >= 0.6 is 24.0 Å². The van der Waals surface area contributed by atoms with Gasteiger partial charge in [0.05, 0.1) is 11.4 Å². The Hall–Kier alpha value is -0.870. The first-order valence-electron chi connectivity index (χ1n) is 7.39. The lowest BCUT2D eigenvalue weighted by atomic mass is 10.2. The van der Waals surface area contributed by atoms with Crippen molar-refractivity contribution >= 4 is 40.0 Å². The number of rotatable bonds is 5. The molecule has 1 N–H and O–H groups in total. The second-order valence-corrected chi connectivity index (χ2v) is 7.74. The van der Waals surface area contributed by atoms with E-state index in [0.29, 0.717) is 11.4 Å². The molecular weight excluding hydrogens is 427 g/mol. The number of sulfonamides is 1. The molecule has 0 atom stereocenters. The van der Waals surface area contributed by atoms with Gasteiger partial charge in [-0.1, -0.05) is 12.1 Å². The maximum atomic E-state index is 12.4. The van der Waals surface area contributed by atoms with Crippen LogP contribution in [0.3, 0.4) is 0 Å². The van der Waals surface area contributed by atoms with Gasteiger partial charge in [-0.2, -0.15) is 4.31 Å². The highest BCUT2D eigenvalue weighted by Gasteiger charge is 2.22. The second kappa shape index (κ2) is 8.29. The first kappa shape index (κ1) is 20.2. The normalized spacial score (nSPS) is 14.9. The molecule has 0 fully saturated rings. The van der Waals surface area contributed by atoms with Crippen molar-refractivity contribution in [1.29, 1.82) is 0 Å². The zero-order chi connectivity index (χ0) is 16.3. The molecule has 1 heterocycles. The van der Waals surface area contributed by atoms with Crippen LogP contribution in [0.5, 0.6) is 0 Å². The molecule has 1 aliphatic heterocycles. The topological polar surface area (TPSA) is 65.0 Å². The summed E-state index contributed by atoms with van der Waals surface area (Å²) in [6.07, 6.45) is 0. The van der Waals surface area contributed by atoms with E-state index in [1.807, 2.05) is 33.0 Å². The van der Waals surface area contributed by atoms with Gasteiger partial charge in [0.25, 0.3) is 0 Å². The Morgan fingerprint density at radius 1 is 1.30 bits per heavy atom. The van der Waals surface area contributed by atoms with Gasteiger partial charge in [0, 0.05) is 33.2 Å². The summed E-state index contributed by atoms with van der Waals surface area (Å²) in [7, 11) is 0.184. The standard InChI is InChI=1S/C15H24N4O2S.HI/c1-12(2)19(4)22(20,21)14-7-5-13(6-8-14)11-17-15-16-9-10-18(15)3;/h5-8,12H,9-11H2,1-4H3,(H,16,17);1H. The average Bonchev–Trinajstić information content (AvgIpc) is 2.90. The summed E-state index contributed by atoms with van der Waals surface area (Å²) >= 11 is 0. The number of likely N-dealkylation sites (N-methyl/N-ethyl adjacent to an activating group) is 1. The number of halogens is 1. The van der Waals surface area contributed by atoms with Gasteiger partial charge in [-0.3, -0.25) is 4.99 Å². The molecule has 1 aliphatic rings. The van der Waals surface area contributed by atoms with Gasteiger partial charge in [-0.15, -0.1) is 24.0 Å². The molecular formula is C15H25IN4O2S. The number of hydrogen-bond donors (Lipinski definition) is 1. The zero-order valence-electron chi connectivity index (χ0n) is 14.0. The van der Waals surface area contributed by atoms with Gasteiger partial charge >= 0.3 is 0 Å². The van der Waals surface area contributed by atoms with Crippen molar-refractivity contribution in [2.75, 3.05) is 27.2 Å². The zero-order valence-corrected chi connectivity index (χ0v) is 17.1. The summed E-state index contributed by atoms with van der Waals surface area (Å²) in [5.74, 6) is 0.885. The van der Waals surface area contributed by atoms with E-state index in [9.17, 15) is 8.42 Å². The molecule has 1 aromatic carbocycles. The molecule has 0 radical (unpaired) electrons. The minimum atomic E-state index is -3.41. The van der Waals surface area contributed by atoms with E-state index >= 15 is 0 Å². The molecule has 130 valence electrons. The van der Waals surface area contributed by atoms with Crippen LogP contribution in [0.15, 0.2) is 34.2 Å². The van der Waals surface area contributed by atoms with Crippen LogP contribution in [0.2, 0.25) is 0 Å². The summed E-state index contributed by atoms with van der Waals surface area (Å²) in [5.41, 5.74) is 1.02. The smallest absolute Gasteiger partial charge is 0.243 e. The predicted octanol–water partition coefficient (Wildman–Crippen LogP) is 1.72. The van der Waals surface area contributed by atoms with Crippen LogP contribution < -0.4 is 5.32 Å². The van der Waals surface area contributed by atoms with Crippen molar-refractivity contribution in [2.24, 2.45) is 4.99 Å². The van der Waals surface area contributed by atoms with Crippen molar-refractivity contribution in [3.63, 3.8) is 0 Å². The molecule has 0 bridgehead atoms. The van der Waals surface area contributed by atoms with E-state index in [0.717, 1.165) is 24.6 Å². The minimum absolute atomic E-state index is 0. The number of nitrogens with one attached hydrogen (secondary N) is 1. The molecule has 0 amide bonds. The SMILES string of the molecule is CC(C)N(C)S(=O)(=O)c1ccc(CNC2=NCCN2C)cc1.I. The highest BCUT2D eigenvalue weighted by atomic mass is 127. The molecule has 8 heteroatoms. The highest BCUT2D eigenvalue weighted by molar-refractivity contribution is 14.0. The monoisotopic (exact) mass is 452 g/mol. The van der Waals surface area contributed by atoms with Crippen LogP contribution in [0.4, 0.5) is 0 Å². The Morgan fingerprint density at radius 3 is 2.39 bits per heavy atom. The molecule has 0 saturated heterocycles. The Morgan fingerprint density at radius 2 is 1.91 bits per heavy atom. The third-order valence-corrected chi connectivity index (χ3v) is 5.88. The maximum absolute atomic E-state index is 12.4. The van der Waals surface area contributed by atoms with E-state index < -0.39 is 10.0 Å². The van der Waals surface area contributed by atoms with Crippen LogP contribution in [-0.2, 0) is 16.6 Å². The van der Waals surface area contributed by atoms with Gasteiger partial charge in [-0.25, -0.2) is 8.42 Å². The van der Waals surface area contributed by atoms with E-state index in [-0.39, 0.29) is 30.0 Å². The van der Waals surface area contributed by atoms with Gasteiger partial charge in [0.15, 0.2) is 5.96 Å². The number of aliphatic imine (C=N–C) groups is 1. The van der Waals surface area contributed by atoms with Crippen molar-refractivity contribution in [3.8, 4) is 0 Å². The number of hydrogen-bond acceptors (Lipinski definition) is 5. The molecule has 6 nitrogen and oxygen atoms in total. The fourth-order valence-electron chi connectivity index (χ4n) is 2.13. The third-order valence-electron chi connectivity index (χ3n) is 3.84. The molecule has 0 spiro atoms. The largest absolute Gasteiger partial charge is 0.352 e. The van der Waals surface area contributed by atoms with Gasteiger partial charge < -0.3 is 10.2 Å². The highest BCUT2D eigenvalue weighted by Crippen LogP contribution is 2.17. The fourth-order valence-corrected chi connectivity index (χ4v) is 3.50. The molecule has 23 heavy (non-hydrogen) atoms. The van der Waals surface area contributed by atoms with Crippen molar-refractivity contribution in [1.82, 2.24) is 14.5 Å². The van der Waals surface area contributed by atoms with E-state index in [2.05, 4.69) is 15.2 Å². The van der Waals surface area contributed by atoms with Gasteiger partial charge in [0.1, 0.15) is 0 Å². The summed E-state index contributed by atoms with van der Waals surface area (Å²) in [6, 6.07) is 6.92. The van der Waals surface area contributed by atoms with Crippen LogP contribution in [0, 0.1) is 0 Å². The summed E-state index contributed by atoms with van der Waals surface area (Å²) in [4.78, 5) is 6.75. The number of nitrogens with zero attached hydrogens (tertiary/aromatic N) is 3. The molecule has 0 aliphatic carbocycles. The first-order valence-corrected chi connectivity index (χ1v) is 8.83.